The number of allylic oxidation sites excluding steroid dienone is 13. The second-order valence-corrected chi connectivity index (χ2v) is 13.3. The molecule has 0 saturated heterocycles. The molecule has 0 aromatic rings. The second kappa shape index (κ2) is 15.9. The van der Waals surface area contributed by atoms with Crippen molar-refractivity contribution in [2.75, 3.05) is 13.1 Å². The van der Waals surface area contributed by atoms with E-state index in [0.29, 0.717) is 35.5 Å². The molecule has 0 aromatic carbocycles. The Morgan fingerprint density at radius 1 is 1.02 bits per heavy atom. The van der Waals surface area contributed by atoms with Crippen LogP contribution < -0.4 is 11.5 Å². The standard InChI is InChI=1S/C38H58N2/c1-4-11-29(3)30-16-18-31(19-17-30)32-20-22-33(23-21-32)35-24-25-36(38-15-10-9-14-37(35)38)34(27-40)13-8-6-5-7-12-28(2)26-39/h5,7,9-10,14-16,18,20,28,30-31,33-34,36,38H,3-4,6,8,11-13,17,19,21-27,39-40H2,1-2H3/b7-5+. The van der Waals surface area contributed by atoms with Gasteiger partial charge in [0, 0.05) is 5.92 Å². The molecule has 4 N–H and O–H groups in total. The Bertz CT molecular complexity index is 1000. The number of unbranched alkanes of at least 4 members (excludes halogenated alkanes) is 1. The summed E-state index contributed by atoms with van der Waals surface area (Å²) in [5.41, 5.74) is 18.7. The van der Waals surface area contributed by atoms with Gasteiger partial charge in [0.15, 0.2) is 0 Å². The van der Waals surface area contributed by atoms with Crippen LogP contribution in [-0.2, 0) is 0 Å². The summed E-state index contributed by atoms with van der Waals surface area (Å²) in [6.45, 7) is 10.4. The van der Waals surface area contributed by atoms with E-state index in [-0.39, 0.29) is 0 Å². The molecule has 0 amide bonds. The zero-order chi connectivity index (χ0) is 28.3. The fourth-order valence-electron chi connectivity index (χ4n) is 7.90. The molecule has 7 atom stereocenters. The molecule has 4 aliphatic rings. The van der Waals surface area contributed by atoms with Crippen LogP contribution in [0.3, 0.4) is 0 Å². The molecule has 4 rings (SSSR count). The van der Waals surface area contributed by atoms with Gasteiger partial charge in [-0.1, -0.05) is 98.3 Å². The first-order valence-electron chi connectivity index (χ1n) is 16.7. The van der Waals surface area contributed by atoms with Crippen molar-refractivity contribution in [3.63, 3.8) is 0 Å². The maximum atomic E-state index is 6.42. The third-order valence-electron chi connectivity index (χ3n) is 10.5. The predicted molar refractivity (Wildman–Crippen MR) is 175 cm³/mol. The Labute approximate surface area is 246 Å². The van der Waals surface area contributed by atoms with Crippen LogP contribution in [0.5, 0.6) is 0 Å². The van der Waals surface area contributed by atoms with Crippen LogP contribution in [0.4, 0.5) is 0 Å². The van der Waals surface area contributed by atoms with Gasteiger partial charge in [0.1, 0.15) is 0 Å². The maximum absolute atomic E-state index is 6.42. The van der Waals surface area contributed by atoms with E-state index in [2.05, 4.69) is 75.1 Å². The molecule has 0 aliphatic heterocycles. The Kier molecular flexibility index (Phi) is 12.4. The van der Waals surface area contributed by atoms with E-state index >= 15 is 0 Å². The molecule has 0 aromatic heterocycles. The van der Waals surface area contributed by atoms with Crippen molar-refractivity contribution in [2.45, 2.75) is 97.3 Å². The lowest BCUT2D eigenvalue weighted by Crippen LogP contribution is -2.34. The molecular formula is C38H58N2. The average molecular weight is 543 g/mol. The summed E-state index contributed by atoms with van der Waals surface area (Å²) < 4.78 is 0. The van der Waals surface area contributed by atoms with Crippen molar-refractivity contribution in [1.82, 2.24) is 0 Å². The number of rotatable bonds is 14. The van der Waals surface area contributed by atoms with Crippen molar-refractivity contribution in [3.8, 4) is 0 Å². The number of hydrogen-bond donors (Lipinski definition) is 2. The van der Waals surface area contributed by atoms with Crippen molar-refractivity contribution in [2.24, 2.45) is 52.9 Å². The Morgan fingerprint density at radius 3 is 2.60 bits per heavy atom. The van der Waals surface area contributed by atoms with Crippen molar-refractivity contribution in [1.29, 1.82) is 0 Å². The van der Waals surface area contributed by atoms with E-state index in [4.69, 9.17) is 11.5 Å². The van der Waals surface area contributed by atoms with Crippen LogP contribution in [0.25, 0.3) is 0 Å². The van der Waals surface area contributed by atoms with Crippen LogP contribution in [0.2, 0.25) is 0 Å². The van der Waals surface area contributed by atoms with Crippen LogP contribution in [0.15, 0.2) is 83.6 Å². The smallest absolute Gasteiger partial charge is 0.00522 e. The van der Waals surface area contributed by atoms with Crippen molar-refractivity contribution >= 4 is 0 Å². The van der Waals surface area contributed by atoms with Crippen molar-refractivity contribution < 1.29 is 0 Å². The van der Waals surface area contributed by atoms with Crippen LogP contribution in [-0.4, -0.2) is 13.1 Å². The largest absolute Gasteiger partial charge is 0.330 e. The summed E-state index contributed by atoms with van der Waals surface area (Å²) in [6.07, 6.45) is 37.9. The summed E-state index contributed by atoms with van der Waals surface area (Å²) in [6, 6.07) is 0. The lowest BCUT2D eigenvalue weighted by Gasteiger charge is -2.41. The Balaban J connectivity index is 1.35. The fourth-order valence-corrected chi connectivity index (χ4v) is 7.90. The molecule has 2 heteroatoms. The first-order valence-corrected chi connectivity index (χ1v) is 16.7. The number of nitrogens with two attached hydrogens (primary N) is 2. The van der Waals surface area contributed by atoms with Gasteiger partial charge in [-0.2, -0.15) is 0 Å². The topological polar surface area (TPSA) is 52.0 Å². The zero-order valence-corrected chi connectivity index (χ0v) is 25.7. The Hall–Kier alpha value is -1.90. The van der Waals surface area contributed by atoms with Gasteiger partial charge in [-0.15, -0.1) is 0 Å². The van der Waals surface area contributed by atoms with E-state index < -0.39 is 0 Å². The highest BCUT2D eigenvalue weighted by molar-refractivity contribution is 5.41. The maximum Gasteiger partial charge on any atom is 0.00522 e. The SMILES string of the molecule is C=C(CCC)C1C=CC(C2=CCC(C3=C4C=CC=CC4C(C(CN)CCC/C=C/CC(C)CN)CC3)CC2)CC1. The molecule has 220 valence electrons. The second-order valence-electron chi connectivity index (χ2n) is 13.3. The van der Waals surface area contributed by atoms with Crippen LogP contribution >= 0.6 is 0 Å². The van der Waals surface area contributed by atoms with Crippen LogP contribution in [0, 0.1) is 41.4 Å². The average Bonchev–Trinajstić information content (AvgIpc) is 3.00. The van der Waals surface area contributed by atoms with Gasteiger partial charge in [-0.05, 0) is 131 Å². The molecule has 0 heterocycles. The molecule has 0 radical (unpaired) electrons. The van der Waals surface area contributed by atoms with E-state index in [1.165, 1.54) is 76.2 Å². The lowest BCUT2D eigenvalue weighted by molar-refractivity contribution is 0.237. The molecular weight excluding hydrogens is 484 g/mol. The normalized spacial score (nSPS) is 29.9. The molecule has 7 unspecified atom stereocenters. The molecule has 40 heavy (non-hydrogen) atoms. The minimum absolute atomic E-state index is 0.558. The molecule has 0 bridgehead atoms. The highest BCUT2D eigenvalue weighted by atomic mass is 14.6. The van der Waals surface area contributed by atoms with E-state index in [0.717, 1.165) is 31.8 Å². The van der Waals surface area contributed by atoms with E-state index in [1.54, 1.807) is 16.7 Å². The van der Waals surface area contributed by atoms with Crippen molar-refractivity contribution in [3.05, 3.63) is 83.6 Å². The molecule has 0 saturated carbocycles. The summed E-state index contributed by atoms with van der Waals surface area (Å²) in [4.78, 5) is 0. The van der Waals surface area contributed by atoms with Gasteiger partial charge in [0.25, 0.3) is 0 Å². The van der Waals surface area contributed by atoms with Crippen LogP contribution in [0.1, 0.15) is 97.3 Å². The highest BCUT2D eigenvalue weighted by Crippen LogP contribution is 2.48. The van der Waals surface area contributed by atoms with Gasteiger partial charge < -0.3 is 11.5 Å². The third-order valence-corrected chi connectivity index (χ3v) is 10.5. The molecule has 2 nitrogen and oxygen atoms in total. The first-order chi connectivity index (χ1) is 19.5. The summed E-state index contributed by atoms with van der Waals surface area (Å²) in [7, 11) is 0. The highest BCUT2D eigenvalue weighted by Gasteiger charge is 2.36. The number of fused-ring (bicyclic) bond motifs is 1. The summed E-state index contributed by atoms with van der Waals surface area (Å²) >= 11 is 0. The number of hydrogen-bond acceptors (Lipinski definition) is 2. The van der Waals surface area contributed by atoms with E-state index in [1.807, 2.05) is 0 Å². The Morgan fingerprint density at radius 2 is 1.90 bits per heavy atom. The van der Waals surface area contributed by atoms with Gasteiger partial charge in [-0.3, -0.25) is 0 Å². The molecule has 0 spiro atoms. The molecule has 0 fully saturated rings. The zero-order valence-electron chi connectivity index (χ0n) is 25.7. The minimum atomic E-state index is 0.558. The third kappa shape index (κ3) is 8.10. The van der Waals surface area contributed by atoms with E-state index in [9.17, 15) is 0 Å². The quantitative estimate of drug-likeness (QED) is 0.170. The first kappa shape index (κ1) is 31.0. The van der Waals surface area contributed by atoms with Gasteiger partial charge in [0.2, 0.25) is 0 Å². The monoisotopic (exact) mass is 542 g/mol. The van der Waals surface area contributed by atoms with Gasteiger partial charge in [-0.25, -0.2) is 0 Å². The van der Waals surface area contributed by atoms with Gasteiger partial charge >= 0.3 is 0 Å². The van der Waals surface area contributed by atoms with Gasteiger partial charge in [0.05, 0.1) is 0 Å². The fraction of sp³-hybridized carbons (Fsp3) is 0.632. The minimum Gasteiger partial charge on any atom is -0.330 e. The predicted octanol–water partition coefficient (Wildman–Crippen LogP) is 9.39. The lowest BCUT2D eigenvalue weighted by atomic mass is 9.64. The molecule has 4 aliphatic carbocycles. The summed E-state index contributed by atoms with van der Waals surface area (Å²) in [5, 5.41) is 0. The summed E-state index contributed by atoms with van der Waals surface area (Å²) in [5.74, 6) is 4.43.